The van der Waals surface area contributed by atoms with Crippen LogP contribution < -0.4 is 0 Å². The lowest BCUT2D eigenvalue weighted by Crippen LogP contribution is -2.07. The maximum atomic E-state index is 4.70. The van der Waals surface area contributed by atoms with Crippen LogP contribution in [-0.4, -0.2) is 14.8 Å². The lowest BCUT2D eigenvalue weighted by Gasteiger charge is -2.10. The van der Waals surface area contributed by atoms with E-state index in [9.17, 15) is 0 Å². The number of hydrogen-bond acceptors (Lipinski definition) is 2. The number of pyridine rings is 1. The first-order valence-electron chi connectivity index (χ1n) is 6.60. The van der Waals surface area contributed by atoms with Crippen LogP contribution in [0.25, 0.3) is 5.82 Å². The third-order valence-electron chi connectivity index (χ3n) is 4.85. The van der Waals surface area contributed by atoms with Crippen LogP contribution in [0, 0.1) is 18.3 Å². The second-order valence-corrected chi connectivity index (χ2v) is 6.16. The summed E-state index contributed by atoms with van der Waals surface area (Å²) >= 11 is 0. The molecule has 0 radical (unpaired) electrons. The van der Waals surface area contributed by atoms with Gasteiger partial charge >= 0.3 is 0 Å². The second-order valence-electron chi connectivity index (χ2n) is 6.16. The smallest absolute Gasteiger partial charge is 0.153 e. The summed E-state index contributed by atoms with van der Waals surface area (Å²) in [5.41, 5.74) is 4.56. The van der Waals surface area contributed by atoms with Gasteiger partial charge in [-0.15, -0.1) is 0 Å². The molecule has 3 heteroatoms. The molecule has 2 aliphatic rings. The quantitative estimate of drug-likeness (QED) is 0.766. The van der Waals surface area contributed by atoms with Gasteiger partial charge in [0.05, 0.1) is 11.4 Å². The minimum absolute atomic E-state index is 0.482. The zero-order valence-electron chi connectivity index (χ0n) is 11.0. The Morgan fingerprint density at radius 3 is 2.89 bits per heavy atom. The van der Waals surface area contributed by atoms with E-state index >= 15 is 0 Å². The number of fused-ring (bicyclic) bond motifs is 3. The third kappa shape index (κ3) is 1.10. The maximum absolute atomic E-state index is 4.70. The van der Waals surface area contributed by atoms with Crippen molar-refractivity contribution in [1.82, 2.24) is 14.8 Å². The fraction of sp³-hybridized carbons (Fsp3) is 0.467. The molecule has 2 atom stereocenters. The van der Waals surface area contributed by atoms with Crippen LogP contribution in [-0.2, 0) is 6.42 Å². The minimum atomic E-state index is 0.482. The monoisotopic (exact) mass is 239 g/mol. The van der Waals surface area contributed by atoms with Gasteiger partial charge in [-0.05, 0) is 42.7 Å². The van der Waals surface area contributed by atoms with Crippen LogP contribution in [0.15, 0.2) is 24.4 Å². The van der Waals surface area contributed by atoms with Gasteiger partial charge < -0.3 is 0 Å². The van der Waals surface area contributed by atoms with Crippen molar-refractivity contribution in [3.05, 3.63) is 41.3 Å². The highest BCUT2D eigenvalue weighted by Gasteiger charge is 2.63. The largest absolute Gasteiger partial charge is 0.237 e. The molecule has 0 saturated heterocycles. The molecule has 0 unspecified atom stereocenters. The SMILES string of the molecule is Cc1nn(-c2ccccn2)c2c1[C@@H]1[C@@H](C2)C1(C)C. The molecular formula is C15H17N3. The Balaban J connectivity index is 1.87. The molecule has 0 aromatic carbocycles. The molecule has 0 aliphatic heterocycles. The first-order valence-corrected chi connectivity index (χ1v) is 6.60. The summed E-state index contributed by atoms with van der Waals surface area (Å²) in [6.07, 6.45) is 2.99. The summed E-state index contributed by atoms with van der Waals surface area (Å²) in [6, 6.07) is 5.99. The molecule has 4 rings (SSSR count). The van der Waals surface area contributed by atoms with Crippen molar-refractivity contribution >= 4 is 0 Å². The van der Waals surface area contributed by atoms with Crippen LogP contribution in [0.3, 0.4) is 0 Å². The zero-order valence-corrected chi connectivity index (χ0v) is 11.0. The standard InChI is InChI=1S/C15H17N3/c1-9-13-11(8-10-14(13)15(10,2)3)18(17-9)12-6-4-5-7-16-12/h4-7,10,14H,8H2,1-3H3/t10-,14+/m1/s1. The number of nitrogens with zero attached hydrogens (tertiary/aromatic N) is 3. The number of aromatic nitrogens is 3. The summed E-state index contributed by atoms with van der Waals surface area (Å²) in [4.78, 5) is 4.42. The van der Waals surface area contributed by atoms with Gasteiger partial charge in [0, 0.05) is 11.8 Å². The van der Waals surface area contributed by atoms with Gasteiger partial charge in [0.1, 0.15) is 0 Å². The molecule has 92 valence electrons. The summed E-state index contributed by atoms with van der Waals surface area (Å²) in [5, 5.41) is 4.70. The van der Waals surface area contributed by atoms with Crippen LogP contribution in [0.1, 0.15) is 36.7 Å². The van der Waals surface area contributed by atoms with E-state index in [0.717, 1.165) is 24.1 Å². The molecule has 1 fully saturated rings. The van der Waals surface area contributed by atoms with Crippen LogP contribution >= 0.6 is 0 Å². The van der Waals surface area contributed by atoms with Gasteiger partial charge in [-0.3, -0.25) is 0 Å². The highest BCUT2D eigenvalue weighted by molar-refractivity contribution is 5.47. The fourth-order valence-corrected chi connectivity index (χ4v) is 3.76. The highest BCUT2D eigenvalue weighted by atomic mass is 15.3. The summed E-state index contributed by atoms with van der Waals surface area (Å²) in [7, 11) is 0. The molecule has 18 heavy (non-hydrogen) atoms. The van der Waals surface area contributed by atoms with Gasteiger partial charge in [0.25, 0.3) is 0 Å². The molecule has 2 aromatic rings. The molecule has 3 nitrogen and oxygen atoms in total. The normalized spacial score (nSPS) is 26.8. The molecule has 2 aliphatic carbocycles. The molecule has 0 amide bonds. The van der Waals surface area contributed by atoms with Gasteiger partial charge in [0.15, 0.2) is 5.82 Å². The average Bonchev–Trinajstić information content (AvgIpc) is 2.74. The molecule has 0 spiro atoms. The van der Waals surface area contributed by atoms with E-state index in [0.29, 0.717) is 5.41 Å². The van der Waals surface area contributed by atoms with Gasteiger partial charge in [-0.1, -0.05) is 19.9 Å². The molecule has 0 bridgehead atoms. The van der Waals surface area contributed by atoms with Crippen molar-refractivity contribution < 1.29 is 0 Å². The molecule has 2 aromatic heterocycles. The van der Waals surface area contributed by atoms with Crippen molar-refractivity contribution in [2.24, 2.45) is 11.3 Å². The second kappa shape index (κ2) is 3.02. The summed E-state index contributed by atoms with van der Waals surface area (Å²) in [5.74, 6) is 2.49. The third-order valence-corrected chi connectivity index (χ3v) is 4.85. The Bertz CT molecular complexity index is 625. The maximum Gasteiger partial charge on any atom is 0.153 e. The molecule has 1 saturated carbocycles. The first kappa shape index (κ1) is 10.3. The average molecular weight is 239 g/mol. The number of hydrogen-bond donors (Lipinski definition) is 0. The molecule has 2 heterocycles. The predicted molar refractivity (Wildman–Crippen MR) is 69.8 cm³/mol. The Morgan fingerprint density at radius 2 is 2.17 bits per heavy atom. The Morgan fingerprint density at radius 1 is 1.33 bits per heavy atom. The van der Waals surface area contributed by atoms with Crippen molar-refractivity contribution in [3.8, 4) is 5.82 Å². The highest BCUT2D eigenvalue weighted by Crippen LogP contribution is 2.70. The molecular weight excluding hydrogens is 222 g/mol. The molecule has 0 N–H and O–H groups in total. The van der Waals surface area contributed by atoms with Crippen molar-refractivity contribution in [2.45, 2.75) is 33.1 Å². The predicted octanol–water partition coefficient (Wildman–Crippen LogP) is 2.87. The first-order chi connectivity index (χ1) is 8.60. The van der Waals surface area contributed by atoms with Crippen LogP contribution in [0.2, 0.25) is 0 Å². The Kier molecular flexibility index (Phi) is 1.73. The van der Waals surface area contributed by atoms with E-state index in [-0.39, 0.29) is 0 Å². The number of rotatable bonds is 1. The van der Waals surface area contributed by atoms with Gasteiger partial charge in [-0.25, -0.2) is 9.67 Å². The summed E-state index contributed by atoms with van der Waals surface area (Å²) < 4.78 is 2.05. The van der Waals surface area contributed by atoms with E-state index in [1.165, 1.54) is 17.0 Å². The van der Waals surface area contributed by atoms with E-state index in [1.807, 2.05) is 29.1 Å². The van der Waals surface area contributed by atoms with Crippen molar-refractivity contribution in [3.63, 3.8) is 0 Å². The van der Waals surface area contributed by atoms with Crippen LogP contribution in [0.5, 0.6) is 0 Å². The lowest BCUT2D eigenvalue weighted by molar-refractivity contribution is 0.532. The topological polar surface area (TPSA) is 30.7 Å². The Hall–Kier alpha value is -1.64. The lowest BCUT2D eigenvalue weighted by atomic mass is 9.98. The minimum Gasteiger partial charge on any atom is -0.237 e. The van der Waals surface area contributed by atoms with Crippen LogP contribution in [0.4, 0.5) is 0 Å². The summed E-state index contributed by atoms with van der Waals surface area (Å²) in [6.45, 7) is 6.89. The fourth-order valence-electron chi connectivity index (χ4n) is 3.76. The van der Waals surface area contributed by atoms with Crippen molar-refractivity contribution in [1.29, 1.82) is 0 Å². The van der Waals surface area contributed by atoms with E-state index in [1.54, 1.807) is 0 Å². The van der Waals surface area contributed by atoms with Gasteiger partial charge in [-0.2, -0.15) is 5.10 Å². The Labute approximate surface area is 107 Å². The van der Waals surface area contributed by atoms with Gasteiger partial charge in [0.2, 0.25) is 0 Å². The van der Waals surface area contributed by atoms with E-state index in [4.69, 9.17) is 5.10 Å². The zero-order chi connectivity index (χ0) is 12.5. The number of aryl methyl sites for hydroxylation is 1. The van der Waals surface area contributed by atoms with E-state index < -0.39 is 0 Å². The van der Waals surface area contributed by atoms with E-state index in [2.05, 4.69) is 25.8 Å². The van der Waals surface area contributed by atoms with Crippen molar-refractivity contribution in [2.75, 3.05) is 0 Å².